The molecule has 0 saturated heterocycles. The number of phenolic OH excluding ortho intramolecular Hbond substituents is 1. The molecule has 2 rings (SSSR count). The number of esters is 1. The molecule has 0 radical (unpaired) electrons. The zero-order valence-electron chi connectivity index (χ0n) is 22.7. The first kappa shape index (κ1) is 30.0. The van der Waals surface area contributed by atoms with Gasteiger partial charge in [-0.2, -0.15) is 0 Å². The monoisotopic (exact) mass is 520 g/mol. The minimum Gasteiger partial charge on any atom is -0.507 e. The molecule has 0 aliphatic carbocycles. The number of phenols is 1. The van der Waals surface area contributed by atoms with Gasteiger partial charge >= 0.3 is 12.1 Å². The Bertz CT molecular complexity index is 1030. The van der Waals surface area contributed by atoms with Crippen LogP contribution in [0.5, 0.6) is 11.5 Å². The van der Waals surface area contributed by atoms with Crippen molar-refractivity contribution in [1.29, 1.82) is 0 Å². The number of amides is 2. The van der Waals surface area contributed by atoms with Gasteiger partial charge in [-0.25, -0.2) is 9.59 Å². The molecule has 1 unspecified atom stereocenters. The fourth-order valence-electron chi connectivity index (χ4n) is 3.98. The summed E-state index contributed by atoms with van der Waals surface area (Å²) in [5.41, 5.74) is 2.49. The normalized spacial score (nSPS) is 14.0. The lowest BCUT2D eigenvalue weighted by Gasteiger charge is -2.20. The SMILES string of the molecule is COc1c(C)c2c(c(O)c1C/C=C(\C)CCC(=O)NCCC(O)CCNC(=O)OC(C)(C)C)C(=O)OC2. The van der Waals surface area contributed by atoms with Gasteiger partial charge in [0.05, 0.1) is 13.2 Å². The predicted molar refractivity (Wildman–Crippen MR) is 138 cm³/mol. The topological polar surface area (TPSA) is 143 Å². The van der Waals surface area contributed by atoms with E-state index in [4.69, 9.17) is 14.2 Å². The minimum absolute atomic E-state index is 0.119. The average molecular weight is 521 g/mol. The number of ether oxygens (including phenoxy) is 3. The number of methoxy groups -OCH3 is 1. The van der Waals surface area contributed by atoms with Crippen LogP contribution in [0.3, 0.4) is 0 Å². The van der Waals surface area contributed by atoms with Crippen LogP contribution < -0.4 is 15.4 Å². The number of nitrogens with one attached hydrogen (secondary N) is 2. The highest BCUT2D eigenvalue weighted by atomic mass is 16.6. The lowest BCUT2D eigenvalue weighted by molar-refractivity contribution is -0.121. The Balaban J connectivity index is 1.75. The molecule has 0 bridgehead atoms. The number of hydrogen-bond acceptors (Lipinski definition) is 8. The highest BCUT2D eigenvalue weighted by Crippen LogP contribution is 2.42. The number of carbonyl (C=O) groups excluding carboxylic acids is 3. The number of aliphatic hydroxyl groups is 1. The van der Waals surface area contributed by atoms with Crippen LogP contribution in [0.1, 0.15) is 80.4 Å². The zero-order chi connectivity index (χ0) is 27.8. The van der Waals surface area contributed by atoms with E-state index in [0.29, 0.717) is 49.1 Å². The van der Waals surface area contributed by atoms with Gasteiger partial charge in [-0.05, 0) is 65.9 Å². The molecule has 10 nitrogen and oxygen atoms in total. The van der Waals surface area contributed by atoms with Gasteiger partial charge in [0, 0.05) is 30.6 Å². The van der Waals surface area contributed by atoms with E-state index in [2.05, 4.69) is 10.6 Å². The summed E-state index contributed by atoms with van der Waals surface area (Å²) in [5, 5.41) is 26.1. The number of alkyl carbamates (subject to hydrolysis) is 1. The molecule has 4 N–H and O–H groups in total. The van der Waals surface area contributed by atoms with Crippen molar-refractivity contribution in [3.63, 3.8) is 0 Å². The number of aromatic hydroxyl groups is 1. The Morgan fingerprint density at radius 1 is 1.16 bits per heavy atom. The maximum atomic E-state index is 12.2. The van der Waals surface area contributed by atoms with Gasteiger partial charge in [0.15, 0.2) is 0 Å². The van der Waals surface area contributed by atoms with Crippen LogP contribution in [0.15, 0.2) is 11.6 Å². The van der Waals surface area contributed by atoms with Crippen molar-refractivity contribution in [1.82, 2.24) is 10.6 Å². The molecule has 1 heterocycles. The molecule has 37 heavy (non-hydrogen) atoms. The second kappa shape index (κ2) is 13.3. The third kappa shape index (κ3) is 8.96. The maximum Gasteiger partial charge on any atom is 0.407 e. The zero-order valence-corrected chi connectivity index (χ0v) is 22.7. The first-order chi connectivity index (χ1) is 17.3. The van der Waals surface area contributed by atoms with E-state index in [1.807, 2.05) is 19.9 Å². The van der Waals surface area contributed by atoms with E-state index in [1.165, 1.54) is 7.11 Å². The largest absolute Gasteiger partial charge is 0.507 e. The van der Waals surface area contributed by atoms with Crippen LogP contribution in [-0.2, 0) is 27.3 Å². The molecule has 206 valence electrons. The van der Waals surface area contributed by atoms with Crippen molar-refractivity contribution in [2.45, 2.75) is 85.0 Å². The van der Waals surface area contributed by atoms with Crippen molar-refractivity contribution in [3.8, 4) is 11.5 Å². The van der Waals surface area contributed by atoms with Crippen molar-refractivity contribution in [2.24, 2.45) is 0 Å². The lowest BCUT2D eigenvalue weighted by Crippen LogP contribution is -2.34. The van der Waals surface area contributed by atoms with E-state index in [9.17, 15) is 24.6 Å². The Morgan fingerprint density at radius 2 is 1.81 bits per heavy atom. The molecule has 0 fully saturated rings. The number of hydrogen-bond donors (Lipinski definition) is 4. The summed E-state index contributed by atoms with van der Waals surface area (Å²) >= 11 is 0. The van der Waals surface area contributed by atoms with Crippen LogP contribution in [0, 0.1) is 6.92 Å². The van der Waals surface area contributed by atoms with Crippen LogP contribution in [-0.4, -0.2) is 60.1 Å². The standard InChI is InChI=1S/C27H40N2O8/c1-16(7-9-19-23(32)22-20(15-36-25(22)33)17(2)24(19)35-6)8-10-21(31)28-13-11-18(30)12-14-29-26(34)37-27(3,4)5/h7,18,30,32H,8-15H2,1-6H3,(H,28,31)(H,29,34)/b16-7+. The van der Waals surface area contributed by atoms with Gasteiger partial charge in [-0.3, -0.25) is 4.79 Å². The predicted octanol–water partition coefficient (Wildman–Crippen LogP) is 3.43. The van der Waals surface area contributed by atoms with Gasteiger partial charge in [0.1, 0.15) is 29.3 Å². The van der Waals surface area contributed by atoms with Gasteiger partial charge in [0.2, 0.25) is 5.91 Å². The molecule has 1 aliphatic heterocycles. The third-order valence-corrected chi connectivity index (χ3v) is 5.99. The first-order valence-corrected chi connectivity index (χ1v) is 12.5. The highest BCUT2D eigenvalue weighted by molar-refractivity contribution is 5.98. The molecule has 2 amide bonds. The van der Waals surface area contributed by atoms with E-state index in [0.717, 1.165) is 11.1 Å². The maximum absolute atomic E-state index is 12.2. The van der Waals surface area contributed by atoms with Crippen LogP contribution in [0.25, 0.3) is 0 Å². The van der Waals surface area contributed by atoms with Gasteiger partial charge < -0.3 is 35.1 Å². The van der Waals surface area contributed by atoms with Crippen molar-refractivity contribution in [3.05, 3.63) is 33.9 Å². The second-order valence-electron chi connectivity index (χ2n) is 10.2. The number of carbonyl (C=O) groups is 3. The highest BCUT2D eigenvalue weighted by Gasteiger charge is 2.31. The first-order valence-electron chi connectivity index (χ1n) is 12.5. The quantitative estimate of drug-likeness (QED) is 0.242. The van der Waals surface area contributed by atoms with Crippen LogP contribution in [0.2, 0.25) is 0 Å². The molecule has 0 spiro atoms. The molecule has 10 heteroatoms. The minimum atomic E-state index is -0.660. The number of rotatable bonds is 12. The molecule has 1 aliphatic rings. The van der Waals surface area contributed by atoms with Crippen LogP contribution >= 0.6 is 0 Å². The fraction of sp³-hybridized carbons (Fsp3) is 0.593. The van der Waals surface area contributed by atoms with Gasteiger partial charge in [-0.1, -0.05) is 11.6 Å². The lowest BCUT2D eigenvalue weighted by atomic mass is 9.94. The number of cyclic esters (lactones) is 1. The Kier molecular flexibility index (Phi) is 10.8. The molecule has 1 aromatic rings. The summed E-state index contributed by atoms with van der Waals surface area (Å²) in [6.07, 6.45) is 2.57. The summed E-state index contributed by atoms with van der Waals surface area (Å²) in [4.78, 5) is 35.8. The number of aliphatic hydroxyl groups excluding tert-OH is 1. The van der Waals surface area contributed by atoms with Crippen LogP contribution in [0.4, 0.5) is 4.79 Å². The van der Waals surface area contributed by atoms with Gasteiger partial charge in [0.25, 0.3) is 0 Å². The second-order valence-corrected chi connectivity index (χ2v) is 10.2. The summed E-state index contributed by atoms with van der Waals surface area (Å²) in [7, 11) is 1.52. The Hall–Kier alpha value is -3.27. The molecule has 0 aromatic heterocycles. The summed E-state index contributed by atoms with van der Waals surface area (Å²) in [5.74, 6) is -0.275. The summed E-state index contributed by atoms with van der Waals surface area (Å²) in [6, 6.07) is 0. The van der Waals surface area contributed by atoms with E-state index >= 15 is 0 Å². The Labute approximate surface area is 218 Å². The molecular formula is C27H40N2O8. The summed E-state index contributed by atoms with van der Waals surface area (Å²) in [6.45, 7) is 9.77. The molecule has 1 aromatic carbocycles. The average Bonchev–Trinajstić information content (AvgIpc) is 3.19. The number of allylic oxidation sites excluding steroid dienone is 2. The molecule has 0 saturated carbocycles. The third-order valence-electron chi connectivity index (χ3n) is 5.99. The van der Waals surface area contributed by atoms with E-state index in [-0.39, 0.29) is 36.8 Å². The number of benzene rings is 1. The van der Waals surface area contributed by atoms with Crippen molar-refractivity contribution in [2.75, 3.05) is 20.2 Å². The smallest absolute Gasteiger partial charge is 0.407 e. The van der Waals surface area contributed by atoms with Gasteiger partial charge in [-0.15, -0.1) is 0 Å². The van der Waals surface area contributed by atoms with E-state index in [1.54, 1.807) is 20.8 Å². The van der Waals surface area contributed by atoms with E-state index < -0.39 is 23.8 Å². The van der Waals surface area contributed by atoms with Crippen molar-refractivity contribution < 1.29 is 38.8 Å². The fourth-order valence-corrected chi connectivity index (χ4v) is 3.98. The molecular weight excluding hydrogens is 480 g/mol. The molecule has 1 atom stereocenters. The summed E-state index contributed by atoms with van der Waals surface area (Å²) < 4.78 is 15.7. The number of fused-ring (bicyclic) bond motifs is 1. The Morgan fingerprint density at radius 3 is 2.43 bits per heavy atom. The van der Waals surface area contributed by atoms with Crippen molar-refractivity contribution >= 4 is 18.0 Å².